The molecule has 2 amide bonds. The monoisotopic (exact) mass is 536 g/mol. The molecule has 1 aliphatic carbocycles. The largest absolute Gasteiger partial charge is 0.413 e. The number of hydrogen-bond acceptors (Lipinski definition) is 6. The molecule has 2 aromatic heterocycles. The molecule has 0 bridgehead atoms. The molecule has 0 radical (unpaired) electrons. The molecule has 1 saturated heterocycles. The van der Waals surface area contributed by atoms with Gasteiger partial charge >= 0.3 is 12.3 Å². The van der Waals surface area contributed by atoms with Crippen LogP contribution in [0.2, 0.25) is 5.02 Å². The number of benzene rings is 1. The van der Waals surface area contributed by atoms with Gasteiger partial charge in [-0.05, 0) is 43.0 Å². The van der Waals surface area contributed by atoms with E-state index in [-0.39, 0.29) is 40.7 Å². The fourth-order valence-electron chi connectivity index (χ4n) is 4.29. The first-order chi connectivity index (χ1) is 17.5. The number of rotatable bonds is 5. The molecule has 194 valence electrons. The van der Waals surface area contributed by atoms with E-state index in [1.165, 1.54) is 21.6 Å². The van der Waals surface area contributed by atoms with Crippen LogP contribution >= 0.6 is 11.6 Å². The third-order valence-corrected chi connectivity index (χ3v) is 6.54. The second-order valence-corrected chi connectivity index (χ2v) is 9.34. The average Bonchev–Trinajstić information content (AvgIpc) is 3.61. The average molecular weight is 537 g/mol. The summed E-state index contributed by atoms with van der Waals surface area (Å²) in [4.78, 5) is 43.6. The van der Waals surface area contributed by atoms with Crippen molar-refractivity contribution in [3.05, 3.63) is 57.8 Å². The number of carbonyl (C=O) groups is 2. The molecule has 1 aliphatic heterocycles. The number of fused-ring (bicyclic) bond motifs is 1. The topological polar surface area (TPSA) is 114 Å². The normalized spacial score (nSPS) is 18.8. The summed E-state index contributed by atoms with van der Waals surface area (Å²) >= 11 is 6.36. The minimum Gasteiger partial charge on any atom is -0.405 e. The van der Waals surface area contributed by atoms with E-state index in [4.69, 9.17) is 16.3 Å². The van der Waals surface area contributed by atoms with Gasteiger partial charge in [-0.2, -0.15) is 13.2 Å². The first kappa shape index (κ1) is 25.0. The van der Waals surface area contributed by atoms with E-state index in [0.29, 0.717) is 18.5 Å². The minimum atomic E-state index is -4.66. The number of aromatic nitrogens is 2. The van der Waals surface area contributed by atoms with Gasteiger partial charge in [0.25, 0.3) is 0 Å². The Hall–Kier alpha value is -3.64. The lowest BCUT2D eigenvalue weighted by Crippen LogP contribution is -2.48. The fraction of sp³-hybridized carbons (Fsp3) is 0.333. The summed E-state index contributed by atoms with van der Waals surface area (Å²) in [5.41, 5.74) is -0.401. The van der Waals surface area contributed by atoms with Crippen LogP contribution in [0.3, 0.4) is 0 Å². The molecule has 2 aliphatic rings. The standard InChI is InChI=1S/C24H20ClF3N4O5/c25-15-3-1-2-4-16(15)31-11-17(37-23(36)30-21(12-5-6-12)24(26,27)28)20(35)14-7-8-18(29-22(14)31)32-10-13(33)9-19(32)34/h1-4,7-8,11-13,21,33H,5-6,9-10H2,(H,30,36)/t13-,21?/m0/s1. The minimum absolute atomic E-state index is 0.0242. The Bertz CT molecular complexity index is 1460. The number of aliphatic hydroxyl groups is 1. The number of carbonyl (C=O) groups excluding carboxylic acids is 2. The van der Waals surface area contributed by atoms with Crippen LogP contribution in [0.1, 0.15) is 19.3 Å². The number of para-hydroxylation sites is 1. The molecule has 3 heterocycles. The van der Waals surface area contributed by atoms with E-state index >= 15 is 0 Å². The lowest BCUT2D eigenvalue weighted by Gasteiger charge is -2.21. The Balaban J connectivity index is 1.58. The van der Waals surface area contributed by atoms with Crippen molar-refractivity contribution in [1.82, 2.24) is 14.9 Å². The number of alkyl halides is 3. The fourth-order valence-corrected chi connectivity index (χ4v) is 4.51. The molecular formula is C24H20ClF3N4O5. The predicted molar refractivity (Wildman–Crippen MR) is 127 cm³/mol. The third-order valence-electron chi connectivity index (χ3n) is 6.22. The Labute approximate surface area is 212 Å². The Morgan fingerprint density at radius 2 is 1.92 bits per heavy atom. The second kappa shape index (κ2) is 9.34. The van der Waals surface area contributed by atoms with Crippen LogP contribution in [0.25, 0.3) is 16.7 Å². The number of ether oxygens (including phenoxy) is 1. The highest BCUT2D eigenvalue weighted by atomic mass is 35.5. The summed E-state index contributed by atoms with van der Waals surface area (Å²) in [6, 6.07) is 7.17. The lowest BCUT2D eigenvalue weighted by molar-refractivity contribution is -0.158. The number of amides is 2. The van der Waals surface area contributed by atoms with Crippen LogP contribution in [0.5, 0.6) is 5.75 Å². The van der Waals surface area contributed by atoms with Crippen molar-refractivity contribution in [1.29, 1.82) is 0 Å². The van der Waals surface area contributed by atoms with E-state index < -0.39 is 41.5 Å². The Morgan fingerprint density at radius 1 is 1.19 bits per heavy atom. The maximum atomic E-state index is 13.3. The van der Waals surface area contributed by atoms with E-state index in [0.717, 1.165) is 6.20 Å². The molecular weight excluding hydrogens is 517 g/mol. The number of halogens is 4. The molecule has 2 fully saturated rings. The van der Waals surface area contributed by atoms with Gasteiger partial charge in [-0.25, -0.2) is 9.78 Å². The molecule has 0 spiro atoms. The highest BCUT2D eigenvalue weighted by molar-refractivity contribution is 6.32. The van der Waals surface area contributed by atoms with Gasteiger partial charge in [0.2, 0.25) is 11.3 Å². The summed E-state index contributed by atoms with van der Waals surface area (Å²) < 4.78 is 46.4. The molecule has 2 atom stereocenters. The van der Waals surface area contributed by atoms with E-state index in [1.807, 2.05) is 5.32 Å². The van der Waals surface area contributed by atoms with Crippen LogP contribution in [0.15, 0.2) is 47.4 Å². The van der Waals surface area contributed by atoms with Crippen molar-refractivity contribution >= 4 is 40.5 Å². The van der Waals surface area contributed by atoms with Crippen molar-refractivity contribution in [3.8, 4) is 11.4 Å². The molecule has 2 N–H and O–H groups in total. The third kappa shape index (κ3) is 4.98. The van der Waals surface area contributed by atoms with Gasteiger partial charge in [-0.3, -0.25) is 19.1 Å². The smallest absolute Gasteiger partial charge is 0.405 e. The van der Waals surface area contributed by atoms with Crippen molar-refractivity contribution in [3.63, 3.8) is 0 Å². The van der Waals surface area contributed by atoms with Crippen molar-refractivity contribution in [2.75, 3.05) is 11.4 Å². The number of aliphatic hydroxyl groups excluding tert-OH is 1. The van der Waals surface area contributed by atoms with Gasteiger partial charge < -0.3 is 15.2 Å². The maximum Gasteiger partial charge on any atom is 0.413 e. The number of pyridine rings is 2. The molecule has 37 heavy (non-hydrogen) atoms. The van der Waals surface area contributed by atoms with Crippen molar-refractivity contribution < 1.29 is 32.6 Å². The van der Waals surface area contributed by atoms with Crippen LogP contribution < -0.4 is 20.4 Å². The van der Waals surface area contributed by atoms with Crippen molar-refractivity contribution in [2.45, 2.75) is 37.6 Å². The molecule has 5 rings (SSSR count). The van der Waals surface area contributed by atoms with Crippen LogP contribution in [-0.2, 0) is 4.79 Å². The molecule has 9 nitrogen and oxygen atoms in total. The van der Waals surface area contributed by atoms with Crippen molar-refractivity contribution in [2.24, 2.45) is 5.92 Å². The second-order valence-electron chi connectivity index (χ2n) is 8.94. The summed E-state index contributed by atoms with van der Waals surface area (Å²) in [6.07, 6.45) is -5.25. The maximum absolute atomic E-state index is 13.3. The molecule has 13 heteroatoms. The van der Waals surface area contributed by atoms with E-state index in [2.05, 4.69) is 4.98 Å². The van der Waals surface area contributed by atoms with Gasteiger partial charge in [-0.15, -0.1) is 0 Å². The van der Waals surface area contributed by atoms with Crippen LogP contribution in [0, 0.1) is 5.92 Å². The number of anilines is 1. The quantitative estimate of drug-likeness (QED) is 0.515. The molecule has 1 unspecified atom stereocenters. The highest BCUT2D eigenvalue weighted by Gasteiger charge is 2.50. The number of hydrogen-bond donors (Lipinski definition) is 2. The van der Waals surface area contributed by atoms with Gasteiger partial charge in [0.05, 0.1) is 41.4 Å². The summed E-state index contributed by atoms with van der Waals surface area (Å²) in [5.74, 6) is -1.45. The summed E-state index contributed by atoms with van der Waals surface area (Å²) in [7, 11) is 0. The number of nitrogens with one attached hydrogen (secondary N) is 1. The number of β-amino-alcohol motifs (C(OH)–C–C–N with tert-alkyl or cyclic N) is 1. The van der Waals surface area contributed by atoms with Gasteiger partial charge in [0.1, 0.15) is 11.9 Å². The number of nitrogens with zero attached hydrogens (tertiary/aromatic N) is 3. The van der Waals surface area contributed by atoms with E-state index in [9.17, 15) is 32.7 Å². The van der Waals surface area contributed by atoms with Gasteiger partial charge in [0, 0.05) is 0 Å². The summed E-state index contributed by atoms with van der Waals surface area (Å²) in [6.45, 7) is 0.0242. The zero-order valence-corrected chi connectivity index (χ0v) is 19.8. The zero-order valence-electron chi connectivity index (χ0n) is 19.0. The Morgan fingerprint density at radius 3 is 2.54 bits per heavy atom. The molecule has 3 aromatic rings. The van der Waals surface area contributed by atoms with Crippen LogP contribution in [-0.4, -0.2) is 51.5 Å². The van der Waals surface area contributed by atoms with E-state index in [1.54, 1.807) is 24.3 Å². The Kier molecular flexibility index (Phi) is 6.32. The highest BCUT2D eigenvalue weighted by Crippen LogP contribution is 2.40. The molecule has 1 saturated carbocycles. The first-order valence-corrected chi connectivity index (χ1v) is 11.8. The first-order valence-electron chi connectivity index (χ1n) is 11.4. The zero-order chi connectivity index (χ0) is 26.5. The summed E-state index contributed by atoms with van der Waals surface area (Å²) in [5, 5.41) is 11.9. The van der Waals surface area contributed by atoms with Gasteiger partial charge in [-0.1, -0.05) is 23.7 Å². The van der Waals surface area contributed by atoms with Crippen LogP contribution in [0.4, 0.5) is 23.8 Å². The predicted octanol–water partition coefficient (Wildman–Crippen LogP) is 3.57. The SMILES string of the molecule is O=C(NC(C1CC1)C(F)(F)F)Oc1cn(-c2ccccc2Cl)c2nc(N3C[C@@H](O)CC3=O)ccc2c1=O. The molecule has 1 aromatic carbocycles. The van der Waals surface area contributed by atoms with Gasteiger partial charge in [0.15, 0.2) is 11.4 Å². The lowest BCUT2D eigenvalue weighted by atomic mass is 10.2.